The quantitative estimate of drug-likeness (QED) is 0.535. The molecule has 158 valence electrons. The number of hydrazine groups is 1. The first-order valence-electron chi connectivity index (χ1n) is 9.47. The van der Waals surface area contributed by atoms with Gasteiger partial charge in [0.05, 0.1) is 6.42 Å². The Bertz CT molecular complexity index is 1120. The van der Waals surface area contributed by atoms with Gasteiger partial charge in [0.2, 0.25) is 11.9 Å². The summed E-state index contributed by atoms with van der Waals surface area (Å²) >= 11 is 0. The van der Waals surface area contributed by atoms with E-state index in [-0.39, 0.29) is 12.4 Å². The van der Waals surface area contributed by atoms with Gasteiger partial charge >= 0.3 is 0 Å². The molecule has 10 nitrogen and oxygen atoms in total. The molecule has 3 rings (SSSR count). The zero-order valence-corrected chi connectivity index (χ0v) is 17.6. The van der Waals surface area contributed by atoms with Gasteiger partial charge in [-0.25, -0.2) is 4.98 Å². The number of aromatic nitrogens is 4. The molecule has 1 atom stereocenters. The average Bonchev–Trinajstić information content (AvgIpc) is 3.07. The predicted octanol–water partition coefficient (Wildman–Crippen LogP) is 1.10. The van der Waals surface area contributed by atoms with Crippen LogP contribution in [0.5, 0.6) is 5.75 Å². The van der Waals surface area contributed by atoms with Crippen molar-refractivity contribution in [2.24, 2.45) is 0 Å². The molecule has 0 saturated carbocycles. The minimum Gasteiger partial charge on any atom is -0.481 e. The van der Waals surface area contributed by atoms with Crippen LogP contribution in [0.25, 0.3) is 5.78 Å². The summed E-state index contributed by atoms with van der Waals surface area (Å²) in [6, 6.07) is 5.63. The van der Waals surface area contributed by atoms with Gasteiger partial charge in [-0.15, -0.1) is 5.10 Å². The fraction of sp³-hybridized carbons (Fsp3) is 0.350. The number of nitrogens with two attached hydrogens (primary N) is 1. The van der Waals surface area contributed by atoms with E-state index in [4.69, 9.17) is 10.5 Å². The summed E-state index contributed by atoms with van der Waals surface area (Å²) in [4.78, 5) is 33.0. The third-order valence-corrected chi connectivity index (χ3v) is 4.96. The van der Waals surface area contributed by atoms with Crippen molar-refractivity contribution in [3.05, 3.63) is 46.3 Å². The largest absolute Gasteiger partial charge is 0.481 e. The Hall–Kier alpha value is -3.69. The number of aryl methyl sites for hydroxylation is 3. The first kappa shape index (κ1) is 21.0. The number of amides is 2. The van der Waals surface area contributed by atoms with Crippen LogP contribution in [0.4, 0.5) is 5.95 Å². The van der Waals surface area contributed by atoms with E-state index in [0.29, 0.717) is 28.5 Å². The van der Waals surface area contributed by atoms with E-state index in [2.05, 4.69) is 25.9 Å². The standard InChI is InChI=1S/C20H25N7O3/c1-10-7-6-8-16(11(10)2)30-14(5)18(29)25-24-17(28)9-15-12(3)22-20-23-19(21)26-27(20)13(15)4/h6-8,14H,9H2,1-5H3,(H2,21,26)(H,24,28)(H,25,29). The zero-order valence-electron chi connectivity index (χ0n) is 17.6. The molecule has 0 aliphatic heterocycles. The van der Waals surface area contributed by atoms with E-state index in [9.17, 15) is 9.59 Å². The fourth-order valence-electron chi connectivity index (χ4n) is 3.01. The van der Waals surface area contributed by atoms with Gasteiger partial charge in [-0.2, -0.15) is 9.50 Å². The number of benzene rings is 1. The summed E-state index contributed by atoms with van der Waals surface area (Å²) in [6.07, 6.45) is -0.780. The van der Waals surface area contributed by atoms with Crippen molar-refractivity contribution in [3.8, 4) is 5.75 Å². The number of fused-ring (bicyclic) bond motifs is 1. The van der Waals surface area contributed by atoms with Crippen molar-refractivity contribution in [2.75, 3.05) is 5.73 Å². The van der Waals surface area contributed by atoms with Crippen LogP contribution in [-0.4, -0.2) is 37.5 Å². The first-order chi connectivity index (χ1) is 14.2. The van der Waals surface area contributed by atoms with Gasteiger partial charge in [0.15, 0.2) is 6.10 Å². The van der Waals surface area contributed by atoms with Crippen LogP contribution < -0.4 is 21.3 Å². The summed E-state index contributed by atoms with van der Waals surface area (Å²) in [5, 5.41) is 4.08. The molecule has 0 spiro atoms. The zero-order chi connectivity index (χ0) is 22.0. The molecule has 0 saturated heterocycles. The summed E-state index contributed by atoms with van der Waals surface area (Å²) in [6.45, 7) is 9.09. The van der Waals surface area contributed by atoms with E-state index >= 15 is 0 Å². The van der Waals surface area contributed by atoms with E-state index in [1.807, 2.05) is 26.0 Å². The summed E-state index contributed by atoms with van der Waals surface area (Å²) < 4.78 is 7.21. The second kappa shape index (κ2) is 8.36. The normalized spacial score (nSPS) is 11.9. The predicted molar refractivity (Wildman–Crippen MR) is 111 cm³/mol. The molecule has 2 aromatic heterocycles. The Kier molecular flexibility index (Phi) is 5.86. The van der Waals surface area contributed by atoms with Crippen molar-refractivity contribution in [1.82, 2.24) is 30.4 Å². The van der Waals surface area contributed by atoms with Crippen LogP contribution in [0.3, 0.4) is 0 Å². The van der Waals surface area contributed by atoms with Gasteiger partial charge in [-0.05, 0) is 51.8 Å². The van der Waals surface area contributed by atoms with Crippen molar-refractivity contribution < 1.29 is 14.3 Å². The molecule has 0 fully saturated rings. The molecule has 1 unspecified atom stereocenters. The smallest absolute Gasteiger partial charge is 0.279 e. The van der Waals surface area contributed by atoms with Crippen molar-refractivity contribution in [2.45, 2.75) is 47.1 Å². The number of hydrogen-bond acceptors (Lipinski definition) is 7. The topological polar surface area (TPSA) is 137 Å². The Morgan fingerprint density at radius 1 is 1.17 bits per heavy atom. The molecule has 30 heavy (non-hydrogen) atoms. The Morgan fingerprint density at radius 2 is 1.90 bits per heavy atom. The fourth-order valence-corrected chi connectivity index (χ4v) is 3.01. The van der Waals surface area contributed by atoms with Crippen LogP contribution in [0, 0.1) is 27.7 Å². The number of carbonyl (C=O) groups excluding carboxylic acids is 2. The monoisotopic (exact) mass is 411 g/mol. The number of hydrogen-bond donors (Lipinski definition) is 3. The molecular formula is C20H25N7O3. The molecule has 0 aliphatic rings. The van der Waals surface area contributed by atoms with Gasteiger partial charge < -0.3 is 10.5 Å². The molecule has 2 heterocycles. The first-order valence-corrected chi connectivity index (χ1v) is 9.47. The molecule has 0 aliphatic carbocycles. The van der Waals surface area contributed by atoms with E-state index < -0.39 is 17.9 Å². The van der Waals surface area contributed by atoms with E-state index in [1.165, 1.54) is 4.52 Å². The van der Waals surface area contributed by atoms with Crippen LogP contribution in [0.1, 0.15) is 35.0 Å². The van der Waals surface area contributed by atoms with Gasteiger partial charge in [0.1, 0.15) is 5.75 Å². The van der Waals surface area contributed by atoms with E-state index in [1.54, 1.807) is 26.8 Å². The van der Waals surface area contributed by atoms with E-state index in [0.717, 1.165) is 11.1 Å². The summed E-state index contributed by atoms with van der Waals surface area (Å²) in [7, 11) is 0. The molecule has 0 bridgehead atoms. The maximum atomic E-state index is 12.4. The highest BCUT2D eigenvalue weighted by molar-refractivity contribution is 5.85. The Balaban J connectivity index is 1.61. The second-order valence-electron chi connectivity index (χ2n) is 7.12. The Morgan fingerprint density at radius 3 is 2.63 bits per heavy atom. The molecule has 4 N–H and O–H groups in total. The third kappa shape index (κ3) is 4.32. The maximum absolute atomic E-state index is 12.4. The van der Waals surface area contributed by atoms with Crippen LogP contribution in [-0.2, 0) is 16.0 Å². The lowest BCUT2D eigenvalue weighted by Crippen LogP contribution is -2.47. The highest BCUT2D eigenvalue weighted by Crippen LogP contribution is 2.21. The highest BCUT2D eigenvalue weighted by Gasteiger charge is 2.19. The SMILES string of the molecule is Cc1cccc(OC(C)C(=O)NNC(=O)Cc2c(C)nc3nc(N)nn3c2C)c1C. The molecular weight excluding hydrogens is 386 g/mol. The highest BCUT2D eigenvalue weighted by atomic mass is 16.5. The molecule has 3 aromatic rings. The summed E-state index contributed by atoms with van der Waals surface area (Å²) in [5.41, 5.74) is 14.5. The average molecular weight is 411 g/mol. The van der Waals surface area contributed by atoms with Crippen molar-refractivity contribution in [1.29, 1.82) is 0 Å². The number of anilines is 1. The van der Waals surface area contributed by atoms with Gasteiger partial charge in [-0.1, -0.05) is 12.1 Å². The number of rotatable bonds is 5. The lowest BCUT2D eigenvalue weighted by molar-refractivity contribution is -0.132. The minimum absolute atomic E-state index is 0.00682. The number of ether oxygens (including phenoxy) is 1. The van der Waals surface area contributed by atoms with Gasteiger partial charge in [0, 0.05) is 17.0 Å². The summed E-state index contributed by atoms with van der Waals surface area (Å²) in [5.74, 6) is 0.244. The number of nitrogens with one attached hydrogen (secondary N) is 2. The molecule has 10 heteroatoms. The number of nitrogen functional groups attached to an aromatic ring is 1. The number of nitrogens with zero attached hydrogens (tertiary/aromatic N) is 4. The molecule has 1 aromatic carbocycles. The minimum atomic E-state index is -0.787. The van der Waals surface area contributed by atoms with Gasteiger partial charge in [0.25, 0.3) is 11.7 Å². The van der Waals surface area contributed by atoms with Crippen molar-refractivity contribution >= 4 is 23.5 Å². The lowest BCUT2D eigenvalue weighted by Gasteiger charge is -2.17. The second-order valence-corrected chi connectivity index (χ2v) is 7.12. The van der Waals surface area contributed by atoms with Crippen LogP contribution in [0.2, 0.25) is 0 Å². The maximum Gasteiger partial charge on any atom is 0.279 e. The number of carbonyl (C=O) groups is 2. The molecule has 2 amide bonds. The van der Waals surface area contributed by atoms with Crippen LogP contribution in [0.15, 0.2) is 18.2 Å². The molecule has 0 radical (unpaired) electrons. The lowest BCUT2D eigenvalue weighted by atomic mass is 10.1. The van der Waals surface area contributed by atoms with Crippen LogP contribution >= 0.6 is 0 Å². The Labute approximate surface area is 173 Å². The van der Waals surface area contributed by atoms with Gasteiger partial charge in [-0.3, -0.25) is 20.4 Å². The van der Waals surface area contributed by atoms with Crippen molar-refractivity contribution in [3.63, 3.8) is 0 Å². The third-order valence-electron chi connectivity index (χ3n) is 4.96.